The number of hydrogen-bond donors (Lipinski definition) is 2. The fraction of sp³-hybridized carbons (Fsp3) is 0.533. The van der Waals surface area contributed by atoms with E-state index in [2.05, 4.69) is 28.4 Å². The van der Waals surface area contributed by atoms with E-state index in [0.29, 0.717) is 6.54 Å². The Labute approximate surface area is 115 Å². The molecule has 1 atom stereocenters. The minimum Gasteiger partial charge on any atom is -0.362 e. The molecule has 1 aliphatic heterocycles. The molecule has 1 unspecified atom stereocenters. The quantitative estimate of drug-likeness (QED) is 0.865. The Kier molecular flexibility index (Phi) is 4.10. The van der Waals surface area contributed by atoms with Crippen molar-refractivity contribution >= 4 is 11.6 Å². The molecule has 0 aromatic heterocycles. The van der Waals surface area contributed by atoms with Crippen molar-refractivity contribution < 1.29 is 4.79 Å². The number of carbonyl (C=O) groups is 1. The first-order valence-electron chi connectivity index (χ1n) is 6.90. The number of hydrogen-bond acceptors (Lipinski definition) is 3. The van der Waals surface area contributed by atoms with Gasteiger partial charge in [0, 0.05) is 24.3 Å². The molecule has 3 N–H and O–H groups in total. The summed E-state index contributed by atoms with van der Waals surface area (Å²) in [6.45, 7) is 7.28. The number of anilines is 1. The normalized spacial score (nSPS) is 15.5. The van der Waals surface area contributed by atoms with Crippen LogP contribution in [-0.4, -0.2) is 25.0 Å². The number of carbonyl (C=O) groups excluding carboxylic acids is 1. The van der Waals surface area contributed by atoms with Crippen molar-refractivity contribution in [2.75, 3.05) is 18.0 Å². The van der Waals surface area contributed by atoms with Crippen LogP contribution in [0.4, 0.5) is 5.69 Å². The van der Waals surface area contributed by atoms with Crippen molar-refractivity contribution in [1.82, 2.24) is 5.32 Å². The molecule has 19 heavy (non-hydrogen) atoms. The molecule has 104 valence electrons. The smallest absolute Gasteiger partial charge is 0.239 e. The predicted molar refractivity (Wildman–Crippen MR) is 78.2 cm³/mol. The van der Waals surface area contributed by atoms with E-state index in [1.807, 2.05) is 20.8 Å². The van der Waals surface area contributed by atoms with Gasteiger partial charge in [-0.25, -0.2) is 0 Å². The van der Waals surface area contributed by atoms with Gasteiger partial charge in [-0.1, -0.05) is 12.1 Å². The van der Waals surface area contributed by atoms with Gasteiger partial charge in [0.15, 0.2) is 0 Å². The lowest BCUT2D eigenvalue weighted by Gasteiger charge is -2.20. The average Bonchev–Trinajstić information content (AvgIpc) is 2.70. The van der Waals surface area contributed by atoms with Crippen LogP contribution in [0.25, 0.3) is 0 Å². The van der Waals surface area contributed by atoms with Crippen molar-refractivity contribution in [3.8, 4) is 0 Å². The van der Waals surface area contributed by atoms with Gasteiger partial charge < -0.3 is 16.0 Å². The summed E-state index contributed by atoms with van der Waals surface area (Å²) in [6, 6.07) is 6.56. The summed E-state index contributed by atoms with van der Waals surface area (Å²) < 4.78 is 0. The minimum absolute atomic E-state index is 0.0589. The summed E-state index contributed by atoms with van der Waals surface area (Å²) >= 11 is 0. The van der Waals surface area contributed by atoms with Crippen molar-refractivity contribution in [2.45, 2.75) is 39.3 Å². The highest BCUT2D eigenvalue weighted by Gasteiger charge is 2.21. The van der Waals surface area contributed by atoms with Crippen LogP contribution in [0.3, 0.4) is 0 Å². The van der Waals surface area contributed by atoms with Crippen LogP contribution in [0.5, 0.6) is 0 Å². The van der Waals surface area contributed by atoms with Crippen molar-refractivity contribution in [2.24, 2.45) is 5.73 Å². The van der Waals surface area contributed by atoms with E-state index in [0.717, 1.165) is 18.5 Å². The summed E-state index contributed by atoms with van der Waals surface area (Å²) in [6.07, 6.45) is 0.991. The number of nitrogens with one attached hydrogen (secondary N) is 1. The molecule has 2 rings (SSSR count). The molecule has 1 aromatic carbocycles. The highest BCUT2D eigenvalue weighted by molar-refractivity contribution is 5.82. The van der Waals surface area contributed by atoms with E-state index in [-0.39, 0.29) is 18.0 Å². The molecule has 0 spiro atoms. The molecule has 4 nitrogen and oxygen atoms in total. The zero-order valence-electron chi connectivity index (χ0n) is 11.9. The molecule has 0 fully saturated rings. The SMILES string of the molecule is CC(C)NC(=O)CN1CCc2cc(C(C)N)ccc21. The number of rotatable bonds is 4. The Balaban J connectivity index is 2.08. The van der Waals surface area contributed by atoms with E-state index in [9.17, 15) is 4.79 Å². The highest BCUT2D eigenvalue weighted by Crippen LogP contribution is 2.29. The van der Waals surface area contributed by atoms with Gasteiger partial charge in [0.05, 0.1) is 6.54 Å². The van der Waals surface area contributed by atoms with Crippen LogP contribution in [0.2, 0.25) is 0 Å². The number of benzene rings is 1. The lowest BCUT2D eigenvalue weighted by molar-refractivity contribution is -0.120. The molecule has 0 saturated heterocycles. The molecule has 1 aromatic rings. The van der Waals surface area contributed by atoms with Gasteiger partial charge in [0.1, 0.15) is 0 Å². The van der Waals surface area contributed by atoms with E-state index in [1.165, 1.54) is 11.3 Å². The molecule has 1 heterocycles. The molecule has 0 bridgehead atoms. The molecule has 1 amide bonds. The maximum Gasteiger partial charge on any atom is 0.239 e. The molecular formula is C15H23N3O. The van der Waals surface area contributed by atoms with Gasteiger partial charge in [-0.15, -0.1) is 0 Å². The second-order valence-corrected chi connectivity index (χ2v) is 5.57. The zero-order chi connectivity index (χ0) is 14.0. The first-order valence-corrected chi connectivity index (χ1v) is 6.90. The van der Waals surface area contributed by atoms with E-state index in [1.54, 1.807) is 0 Å². The third-order valence-electron chi connectivity index (χ3n) is 3.41. The van der Waals surface area contributed by atoms with Gasteiger partial charge in [-0.3, -0.25) is 4.79 Å². The van der Waals surface area contributed by atoms with E-state index < -0.39 is 0 Å². The van der Waals surface area contributed by atoms with Gasteiger partial charge in [0.25, 0.3) is 0 Å². The number of nitrogens with two attached hydrogens (primary N) is 1. The Morgan fingerprint density at radius 3 is 2.79 bits per heavy atom. The Morgan fingerprint density at radius 2 is 2.16 bits per heavy atom. The lowest BCUT2D eigenvalue weighted by atomic mass is 10.0. The summed E-state index contributed by atoms with van der Waals surface area (Å²) in [5, 5.41) is 2.93. The summed E-state index contributed by atoms with van der Waals surface area (Å²) in [4.78, 5) is 14.0. The maximum atomic E-state index is 11.8. The fourth-order valence-corrected chi connectivity index (χ4v) is 2.48. The largest absolute Gasteiger partial charge is 0.362 e. The monoisotopic (exact) mass is 261 g/mol. The van der Waals surface area contributed by atoms with E-state index >= 15 is 0 Å². The minimum atomic E-state index is 0.0589. The summed E-state index contributed by atoms with van der Waals surface area (Å²) in [5.41, 5.74) is 9.53. The van der Waals surface area contributed by atoms with Crippen LogP contribution in [0.1, 0.15) is 37.9 Å². The molecular weight excluding hydrogens is 238 g/mol. The molecule has 0 radical (unpaired) electrons. The first kappa shape index (κ1) is 13.9. The Hall–Kier alpha value is -1.55. The summed E-state index contributed by atoms with van der Waals surface area (Å²) in [7, 11) is 0. The second-order valence-electron chi connectivity index (χ2n) is 5.57. The topological polar surface area (TPSA) is 58.4 Å². The molecule has 0 saturated carbocycles. The number of amides is 1. The Morgan fingerprint density at radius 1 is 1.42 bits per heavy atom. The molecule has 0 aliphatic carbocycles. The molecule has 1 aliphatic rings. The number of nitrogens with zero attached hydrogens (tertiary/aromatic N) is 1. The lowest BCUT2D eigenvalue weighted by Crippen LogP contribution is -2.39. The maximum absolute atomic E-state index is 11.8. The zero-order valence-corrected chi connectivity index (χ0v) is 11.9. The van der Waals surface area contributed by atoms with Gasteiger partial charge in [0.2, 0.25) is 5.91 Å². The van der Waals surface area contributed by atoms with Crippen molar-refractivity contribution in [1.29, 1.82) is 0 Å². The third-order valence-corrected chi connectivity index (χ3v) is 3.41. The summed E-state index contributed by atoms with van der Waals surface area (Å²) in [5.74, 6) is 0.0825. The predicted octanol–water partition coefficient (Wildman–Crippen LogP) is 1.59. The van der Waals surface area contributed by atoms with Crippen LogP contribution in [-0.2, 0) is 11.2 Å². The average molecular weight is 261 g/mol. The van der Waals surface area contributed by atoms with Gasteiger partial charge in [-0.2, -0.15) is 0 Å². The number of fused-ring (bicyclic) bond motifs is 1. The standard InChI is InChI=1S/C15H23N3O/c1-10(2)17-15(19)9-18-7-6-13-8-12(11(3)16)4-5-14(13)18/h4-5,8,10-11H,6-7,9,16H2,1-3H3,(H,17,19). The third kappa shape index (κ3) is 3.26. The second kappa shape index (κ2) is 5.61. The Bertz CT molecular complexity index is 468. The van der Waals surface area contributed by atoms with Gasteiger partial charge in [-0.05, 0) is 44.4 Å². The van der Waals surface area contributed by atoms with Crippen molar-refractivity contribution in [3.05, 3.63) is 29.3 Å². The fourth-order valence-electron chi connectivity index (χ4n) is 2.48. The van der Waals surface area contributed by atoms with Crippen LogP contribution in [0.15, 0.2) is 18.2 Å². The van der Waals surface area contributed by atoms with Crippen LogP contribution < -0.4 is 16.0 Å². The van der Waals surface area contributed by atoms with Gasteiger partial charge >= 0.3 is 0 Å². The van der Waals surface area contributed by atoms with Crippen LogP contribution >= 0.6 is 0 Å². The molecule has 4 heteroatoms. The first-order chi connectivity index (χ1) is 8.97. The van der Waals surface area contributed by atoms with Crippen LogP contribution in [0, 0.1) is 0 Å². The van der Waals surface area contributed by atoms with E-state index in [4.69, 9.17) is 5.73 Å². The highest BCUT2D eigenvalue weighted by atomic mass is 16.2. The van der Waals surface area contributed by atoms with Crippen molar-refractivity contribution in [3.63, 3.8) is 0 Å².